The quantitative estimate of drug-likeness (QED) is 0.730. The molecule has 0 unspecified atom stereocenters. The normalized spacial score (nSPS) is 30.8. The molecule has 2 amide bonds. The lowest BCUT2D eigenvalue weighted by atomic mass is 9.51. The first-order valence-corrected chi connectivity index (χ1v) is 9.79. The molecule has 2 N–H and O–H groups in total. The first-order chi connectivity index (χ1) is 11.9. The van der Waals surface area contributed by atoms with Gasteiger partial charge >= 0.3 is 6.03 Å². The second-order valence-corrected chi connectivity index (χ2v) is 8.92. The van der Waals surface area contributed by atoms with E-state index in [4.69, 9.17) is 5.73 Å². The molecular weight excluding hydrogens is 310 g/mol. The number of hydrogen-bond acceptors (Lipinski definition) is 2. The third kappa shape index (κ3) is 2.29. The Balaban J connectivity index is 1.72. The summed E-state index contributed by atoms with van der Waals surface area (Å²) in [5, 5.41) is 0. The van der Waals surface area contributed by atoms with Crippen molar-refractivity contribution in [3.8, 4) is 0 Å². The van der Waals surface area contributed by atoms with Gasteiger partial charge in [0.05, 0.1) is 0 Å². The summed E-state index contributed by atoms with van der Waals surface area (Å²) in [5.41, 5.74) is 10.0. The number of carbonyl (C=O) groups excluding carboxylic acids is 1. The highest BCUT2D eigenvalue weighted by molar-refractivity contribution is 5.76. The van der Waals surface area contributed by atoms with Gasteiger partial charge in [0.15, 0.2) is 0 Å². The molecule has 2 atom stereocenters. The number of fused-ring (bicyclic) bond motifs is 4. The van der Waals surface area contributed by atoms with Crippen LogP contribution in [0.5, 0.6) is 0 Å². The van der Waals surface area contributed by atoms with Gasteiger partial charge < -0.3 is 15.5 Å². The van der Waals surface area contributed by atoms with E-state index in [1.54, 1.807) is 0 Å². The minimum atomic E-state index is 0.0392. The number of nitrogens with two attached hydrogens (primary N) is 1. The Kier molecular flexibility index (Phi) is 3.78. The molecule has 2 heterocycles. The molecule has 1 aliphatic carbocycles. The molecule has 2 bridgehead atoms. The zero-order chi connectivity index (χ0) is 17.8. The van der Waals surface area contributed by atoms with E-state index in [1.807, 2.05) is 6.07 Å². The summed E-state index contributed by atoms with van der Waals surface area (Å²) >= 11 is 0. The van der Waals surface area contributed by atoms with E-state index in [9.17, 15) is 4.79 Å². The fourth-order valence-corrected chi connectivity index (χ4v) is 5.47. The number of piperidine rings is 2. The number of anilines is 1. The standard InChI is InChI=1S/C21H31N3O/c1-20(2)18-14-15-16(8-7-9-17(15)22)21(20,3)10-13-24(18)19(25)23-11-5-4-6-12-23/h7-9,18H,4-6,10-14,22H2,1-3H3/t18-,21-/m0/s1. The minimum absolute atomic E-state index is 0.0392. The van der Waals surface area contributed by atoms with Crippen molar-refractivity contribution >= 4 is 11.7 Å². The number of urea groups is 1. The van der Waals surface area contributed by atoms with Gasteiger partial charge in [-0.1, -0.05) is 32.9 Å². The third-order valence-electron chi connectivity index (χ3n) is 7.56. The summed E-state index contributed by atoms with van der Waals surface area (Å²) in [5.74, 6) is 0. The minimum Gasteiger partial charge on any atom is -0.398 e. The second kappa shape index (κ2) is 5.65. The number of rotatable bonds is 0. The number of nitrogen functional groups attached to an aromatic ring is 1. The van der Waals surface area contributed by atoms with Crippen LogP contribution in [0, 0.1) is 5.41 Å². The van der Waals surface area contributed by atoms with Gasteiger partial charge in [-0.05, 0) is 54.7 Å². The van der Waals surface area contributed by atoms with Gasteiger partial charge in [0.2, 0.25) is 0 Å². The van der Waals surface area contributed by atoms with E-state index in [-0.39, 0.29) is 22.9 Å². The van der Waals surface area contributed by atoms with Crippen molar-refractivity contribution in [2.45, 2.75) is 64.3 Å². The molecule has 2 fully saturated rings. The smallest absolute Gasteiger partial charge is 0.320 e. The maximum Gasteiger partial charge on any atom is 0.320 e. The van der Waals surface area contributed by atoms with Gasteiger partial charge in [-0.15, -0.1) is 0 Å². The van der Waals surface area contributed by atoms with Crippen molar-refractivity contribution in [3.63, 3.8) is 0 Å². The van der Waals surface area contributed by atoms with E-state index in [2.05, 4.69) is 42.7 Å². The van der Waals surface area contributed by atoms with Crippen molar-refractivity contribution in [1.29, 1.82) is 0 Å². The summed E-state index contributed by atoms with van der Waals surface area (Å²) < 4.78 is 0. The average molecular weight is 341 g/mol. The molecule has 4 heteroatoms. The first-order valence-electron chi connectivity index (χ1n) is 9.79. The van der Waals surface area contributed by atoms with Crippen molar-refractivity contribution in [3.05, 3.63) is 29.3 Å². The number of nitrogens with zero attached hydrogens (tertiary/aromatic N) is 2. The van der Waals surface area contributed by atoms with Crippen LogP contribution in [0.3, 0.4) is 0 Å². The van der Waals surface area contributed by atoms with Crippen molar-refractivity contribution in [1.82, 2.24) is 9.80 Å². The van der Waals surface area contributed by atoms with Crippen molar-refractivity contribution < 1.29 is 4.79 Å². The largest absolute Gasteiger partial charge is 0.398 e. The molecule has 2 saturated heterocycles. The highest BCUT2D eigenvalue weighted by Crippen LogP contribution is 2.56. The van der Waals surface area contributed by atoms with E-state index >= 15 is 0 Å². The maximum atomic E-state index is 13.3. The number of hydrogen-bond donors (Lipinski definition) is 1. The van der Waals surface area contributed by atoms with Crippen LogP contribution >= 0.6 is 0 Å². The molecule has 0 saturated carbocycles. The molecule has 3 aliphatic rings. The number of amides is 2. The summed E-state index contributed by atoms with van der Waals surface area (Å²) in [6.45, 7) is 9.75. The van der Waals surface area contributed by atoms with E-state index in [0.29, 0.717) is 0 Å². The fraction of sp³-hybridized carbons (Fsp3) is 0.667. The molecule has 0 radical (unpaired) electrons. The third-order valence-corrected chi connectivity index (χ3v) is 7.56. The van der Waals surface area contributed by atoms with E-state index in [0.717, 1.165) is 51.0 Å². The summed E-state index contributed by atoms with van der Waals surface area (Å²) in [6.07, 6.45) is 5.42. The van der Waals surface area contributed by atoms with Crippen LogP contribution < -0.4 is 5.73 Å². The van der Waals surface area contributed by atoms with Gasteiger partial charge in [0.25, 0.3) is 0 Å². The molecule has 2 aliphatic heterocycles. The number of likely N-dealkylation sites (tertiary alicyclic amines) is 2. The van der Waals surface area contributed by atoms with Crippen LogP contribution in [0.4, 0.5) is 10.5 Å². The first kappa shape index (κ1) is 16.7. The Morgan fingerprint density at radius 1 is 1.12 bits per heavy atom. The maximum absolute atomic E-state index is 13.3. The summed E-state index contributed by atoms with van der Waals surface area (Å²) in [7, 11) is 0. The van der Waals surface area contributed by atoms with Gasteiger partial charge in [-0.3, -0.25) is 0 Å². The summed E-state index contributed by atoms with van der Waals surface area (Å²) in [4.78, 5) is 17.5. The highest BCUT2D eigenvalue weighted by atomic mass is 16.2. The monoisotopic (exact) mass is 341 g/mol. The molecule has 0 spiro atoms. The molecular formula is C21H31N3O. The van der Waals surface area contributed by atoms with Gasteiger partial charge in [0, 0.05) is 36.8 Å². The predicted molar refractivity (Wildman–Crippen MR) is 102 cm³/mol. The lowest BCUT2D eigenvalue weighted by Crippen LogP contribution is -2.66. The highest BCUT2D eigenvalue weighted by Gasteiger charge is 2.57. The Morgan fingerprint density at radius 3 is 2.56 bits per heavy atom. The molecule has 1 aromatic carbocycles. The number of benzene rings is 1. The van der Waals surface area contributed by atoms with Crippen LogP contribution in [0.2, 0.25) is 0 Å². The van der Waals surface area contributed by atoms with Gasteiger partial charge in [-0.25, -0.2) is 4.79 Å². The molecule has 25 heavy (non-hydrogen) atoms. The van der Waals surface area contributed by atoms with Crippen molar-refractivity contribution in [2.75, 3.05) is 25.4 Å². The Bertz CT molecular complexity index is 692. The molecule has 4 rings (SSSR count). The lowest BCUT2D eigenvalue weighted by Gasteiger charge is -2.61. The number of carbonyl (C=O) groups is 1. The summed E-state index contributed by atoms with van der Waals surface area (Å²) in [6, 6.07) is 6.82. The topological polar surface area (TPSA) is 49.6 Å². The molecule has 1 aromatic rings. The fourth-order valence-electron chi connectivity index (χ4n) is 5.47. The van der Waals surface area contributed by atoms with Crippen molar-refractivity contribution in [2.24, 2.45) is 5.41 Å². The zero-order valence-corrected chi connectivity index (χ0v) is 15.8. The molecule has 136 valence electrons. The van der Waals surface area contributed by atoms with Crippen LogP contribution in [-0.4, -0.2) is 41.5 Å². The van der Waals surface area contributed by atoms with Crippen LogP contribution in [0.25, 0.3) is 0 Å². The zero-order valence-electron chi connectivity index (χ0n) is 15.8. The SMILES string of the molecule is CC1(C)[C@@H]2Cc3c(N)cccc3[C@]1(C)CCN2C(=O)N1CCCCC1. The van der Waals surface area contributed by atoms with E-state index < -0.39 is 0 Å². The van der Waals surface area contributed by atoms with Crippen LogP contribution in [-0.2, 0) is 11.8 Å². The average Bonchev–Trinajstić information content (AvgIpc) is 2.59. The van der Waals surface area contributed by atoms with Gasteiger partial charge in [0.1, 0.15) is 0 Å². The van der Waals surface area contributed by atoms with Crippen LogP contribution in [0.1, 0.15) is 57.6 Å². The Morgan fingerprint density at radius 2 is 1.84 bits per heavy atom. The second-order valence-electron chi connectivity index (χ2n) is 8.92. The van der Waals surface area contributed by atoms with E-state index in [1.165, 1.54) is 17.5 Å². The van der Waals surface area contributed by atoms with Crippen LogP contribution in [0.15, 0.2) is 18.2 Å². The molecule has 4 nitrogen and oxygen atoms in total. The van der Waals surface area contributed by atoms with Gasteiger partial charge in [-0.2, -0.15) is 0 Å². The lowest BCUT2D eigenvalue weighted by molar-refractivity contribution is -0.0240. The predicted octanol–water partition coefficient (Wildman–Crippen LogP) is 3.79. The Labute approximate surface area is 151 Å². The Hall–Kier alpha value is -1.71. The molecule has 0 aromatic heterocycles.